The highest BCUT2D eigenvalue weighted by atomic mass is 79.9. The summed E-state index contributed by atoms with van der Waals surface area (Å²) in [6.07, 6.45) is 6.96. The molecule has 2 aromatic rings. The van der Waals surface area contributed by atoms with E-state index >= 15 is 0 Å². The fourth-order valence-electron chi connectivity index (χ4n) is 4.52. The number of ether oxygens (including phenoxy) is 1. The molecule has 1 aliphatic rings. The number of piperazine rings is 1. The summed E-state index contributed by atoms with van der Waals surface area (Å²) in [7, 11) is 0. The van der Waals surface area contributed by atoms with Crippen molar-refractivity contribution in [3.63, 3.8) is 0 Å². The maximum atomic E-state index is 11.4. The normalized spacial score (nSPS) is 13.6. The van der Waals surface area contributed by atoms with E-state index in [1.54, 1.807) is 12.1 Å². The molecule has 42 heavy (non-hydrogen) atoms. The third kappa shape index (κ3) is 12.2. The molecule has 0 atom stereocenters. The second-order valence-electron chi connectivity index (χ2n) is 9.64. The van der Waals surface area contributed by atoms with Gasteiger partial charge in [0.25, 0.3) is 0 Å². The molecule has 0 unspecified atom stereocenters. The first-order valence-electron chi connectivity index (χ1n) is 14.1. The minimum Gasteiger partial charge on any atom is -0.487 e. The van der Waals surface area contributed by atoms with Gasteiger partial charge < -0.3 is 19.9 Å². The van der Waals surface area contributed by atoms with Crippen molar-refractivity contribution in [2.45, 2.75) is 38.4 Å². The predicted molar refractivity (Wildman–Crippen MR) is 188 cm³/mol. The molecule has 1 fully saturated rings. The molecule has 0 bridgehead atoms. The average molecular weight is 724 g/mol. The minimum absolute atomic E-state index is 0. The number of halogens is 3. The Morgan fingerprint density at radius 1 is 1.07 bits per heavy atom. The highest BCUT2D eigenvalue weighted by molar-refractivity contribution is 8.93. The lowest BCUT2D eigenvalue weighted by atomic mass is 10.2. The van der Waals surface area contributed by atoms with Crippen LogP contribution in [0.3, 0.4) is 0 Å². The quantitative estimate of drug-likeness (QED) is 0.0618. The summed E-state index contributed by atoms with van der Waals surface area (Å²) in [5.41, 5.74) is 2.02. The second-order valence-corrected chi connectivity index (χ2v) is 12.6. The Bertz CT molecular complexity index is 1140. The van der Waals surface area contributed by atoms with Crippen molar-refractivity contribution in [1.29, 1.82) is 0 Å². The molecular formula is C29H42BrCl2N5O3S2. The molecule has 0 aliphatic carbocycles. The molecule has 1 N–H and O–H groups in total. The Hall–Kier alpha value is -1.53. The SMILES string of the molecule is Br.CCOc1cc(N2CCN(C(=NCCCCCCSC)NCCSCc3ccc(Cl)cc3Cl)CC2)ccc1[N+](=O)[O-]. The molecule has 1 saturated heterocycles. The maximum Gasteiger partial charge on any atom is 0.311 e. The molecule has 234 valence electrons. The molecule has 1 aliphatic heterocycles. The monoisotopic (exact) mass is 721 g/mol. The molecular weight excluding hydrogens is 681 g/mol. The summed E-state index contributed by atoms with van der Waals surface area (Å²) in [5, 5.41) is 16.3. The number of rotatable bonds is 16. The van der Waals surface area contributed by atoms with E-state index in [-0.39, 0.29) is 22.7 Å². The Labute approximate surface area is 279 Å². The standard InChI is InChI=1S/C29H41Cl2N5O3S2.BrH/c1-3-39-28-21-25(10-11-27(28)36(37)38)34-14-16-35(17-15-34)29(32-12-6-4-5-7-18-40-2)33-13-19-41-22-23-8-9-24(30)20-26(23)31;/h8-11,20-21H,3-7,12-19,22H2,1-2H3,(H,32,33);1H. The number of nitro groups is 1. The summed E-state index contributed by atoms with van der Waals surface area (Å²) < 4.78 is 5.55. The van der Waals surface area contributed by atoms with Crippen LogP contribution >= 0.6 is 63.7 Å². The molecule has 0 amide bonds. The zero-order chi connectivity index (χ0) is 29.5. The van der Waals surface area contributed by atoms with Crippen molar-refractivity contribution in [1.82, 2.24) is 10.2 Å². The molecule has 1 heterocycles. The minimum atomic E-state index is -0.397. The molecule has 0 aromatic heterocycles. The van der Waals surface area contributed by atoms with Gasteiger partial charge in [-0.05, 0) is 55.5 Å². The van der Waals surface area contributed by atoms with Crippen molar-refractivity contribution in [3.8, 4) is 5.75 Å². The average Bonchev–Trinajstić information content (AvgIpc) is 2.96. The highest BCUT2D eigenvalue weighted by Crippen LogP contribution is 2.32. The first kappa shape index (κ1) is 36.7. The first-order valence-corrected chi connectivity index (χ1v) is 17.4. The van der Waals surface area contributed by atoms with Crippen LogP contribution < -0.4 is 15.0 Å². The highest BCUT2D eigenvalue weighted by Gasteiger charge is 2.23. The van der Waals surface area contributed by atoms with Gasteiger partial charge in [-0.25, -0.2) is 0 Å². The Kier molecular flexibility index (Phi) is 17.8. The van der Waals surface area contributed by atoms with E-state index in [2.05, 4.69) is 21.4 Å². The van der Waals surface area contributed by atoms with Gasteiger partial charge in [-0.3, -0.25) is 15.1 Å². The van der Waals surface area contributed by atoms with E-state index in [9.17, 15) is 10.1 Å². The maximum absolute atomic E-state index is 11.4. The van der Waals surface area contributed by atoms with Crippen LogP contribution in [0.4, 0.5) is 11.4 Å². The number of unbranched alkanes of at least 4 members (excludes halogenated alkanes) is 3. The lowest BCUT2D eigenvalue weighted by Gasteiger charge is -2.38. The number of hydrogen-bond donors (Lipinski definition) is 1. The van der Waals surface area contributed by atoms with Crippen molar-refractivity contribution in [2.24, 2.45) is 4.99 Å². The molecule has 2 aromatic carbocycles. The van der Waals surface area contributed by atoms with E-state index in [0.717, 1.165) is 74.4 Å². The predicted octanol–water partition coefficient (Wildman–Crippen LogP) is 7.80. The van der Waals surface area contributed by atoms with Crippen LogP contribution in [0.15, 0.2) is 41.4 Å². The van der Waals surface area contributed by atoms with Gasteiger partial charge in [-0.2, -0.15) is 23.5 Å². The van der Waals surface area contributed by atoms with Crippen LogP contribution in [0.1, 0.15) is 38.2 Å². The van der Waals surface area contributed by atoms with Crippen LogP contribution in [0.5, 0.6) is 5.75 Å². The zero-order valence-electron chi connectivity index (χ0n) is 24.4. The van der Waals surface area contributed by atoms with E-state index in [1.807, 2.05) is 48.6 Å². The lowest BCUT2D eigenvalue weighted by molar-refractivity contribution is -0.385. The van der Waals surface area contributed by atoms with Crippen molar-refractivity contribution in [3.05, 3.63) is 62.1 Å². The summed E-state index contributed by atoms with van der Waals surface area (Å²) in [6, 6.07) is 10.8. The van der Waals surface area contributed by atoms with Crippen LogP contribution in [0.2, 0.25) is 10.0 Å². The molecule has 13 heteroatoms. The van der Waals surface area contributed by atoms with Gasteiger partial charge in [0, 0.05) is 78.6 Å². The van der Waals surface area contributed by atoms with Crippen LogP contribution in [-0.2, 0) is 5.75 Å². The summed E-state index contributed by atoms with van der Waals surface area (Å²) in [5.74, 6) is 4.25. The van der Waals surface area contributed by atoms with Crippen LogP contribution in [0.25, 0.3) is 0 Å². The van der Waals surface area contributed by atoms with Crippen molar-refractivity contribution < 1.29 is 9.66 Å². The number of nitro benzene ring substituents is 1. The van der Waals surface area contributed by atoms with E-state index in [0.29, 0.717) is 22.4 Å². The largest absolute Gasteiger partial charge is 0.487 e. The van der Waals surface area contributed by atoms with Crippen LogP contribution in [-0.4, -0.2) is 79.4 Å². The summed E-state index contributed by atoms with van der Waals surface area (Å²) in [4.78, 5) is 20.5. The summed E-state index contributed by atoms with van der Waals surface area (Å²) >= 11 is 16.1. The number of guanidine groups is 1. The number of nitrogens with one attached hydrogen (secondary N) is 1. The van der Waals surface area contributed by atoms with Crippen LogP contribution in [0, 0.1) is 10.1 Å². The second kappa shape index (κ2) is 20.4. The topological polar surface area (TPSA) is 83.2 Å². The first-order chi connectivity index (χ1) is 19.9. The van der Waals surface area contributed by atoms with Crippen molar-refractivity contribution >= 4 is 81.0 Å². The zero-order valence-corrected chi connectivity index (χ0v) is 29.2. The van der Waals surface area contributed by atoms with Gasteiger partial charge >= 0.3 is 5.69 Å². The Morgan fingerprint density at radius 3 is 2.52 bits per heavy atom. The van der Waals surface area contributed by atoms with Gasteiger partial charge in [-0.1, -0.05) is 42.1 Å². The Balaban J connectivity index is 0.00000616. The van der Waals surface area contributed by atoms with E-state index in [4.69, 9.17) is 32.9 Å². The molecule has 0 spiro atoms. The van der Waals surface area contributed by atoms with Gasteiger partial charge in [-0.15, -0.1) is 17.0 Å². The number of aliphatic imine (C=N–C) groups is 1. The fourth-order valence-corrected chi connectivity index (χ4v) is 6.43. The fraction of sp³-hybridized carbons (Fsp3) is 0.552. The molecule has 8 nitrogen and oxygen atoms in total. The number of benzene rings is 2. The van der Waals surface area contributed by atoms with Gasteiger partial charge in [0.1, 0.15) is 0 Å². The third-order valence-corrected chi connectivity index (χ3v) is 9.00. The number of anilines is 1. The lowest BCUT2D eigenvalue weighted by Crippen LogP contribution is -2.53. The van der Waals surface area contributed by atoms with E-state index in [1.165, 1.54) is 31.1 Å². The van der Waals surface area contributed by atoms with Gasteiger partial charge in [0.05, 0.1) is 11.5 Å². The molecule has 0 radical (unpaired) electrons. The Morgan fingerprint density at radius 2 is 1.83 bits per heavy atom. The van der Waals surface area contributed by atoms with Gasteiger partial charge in [0.15, 0.2) is 11.7 Å². The van der Waals surface area contributed by atoms with Crippen molar-refractivity contribution in [2.75, 3.05) is 68.5 Å². The number of thioether (sulfide) groups is 2. The molecule has 3 rings (SSSR count). The third-order valence-electron chi connectivity index (χ3n) is 6.70. The smallest absolute Gasteiger partial charge is 0.311 e. The number of hydrogen-bond acceptors (Lipinski definition) is 7. The summed E-state index contributed by atoms with van der Waals surface area (Å²) in [6.45, 7) is 7.05. The number of nitrogens with zero attached hydrogens (tertiary/aromatic N) is 4. The molecule has 0 saturated carbocycles. The van der Waals surface area contributed by atoms with E-state index < -0.39 is 4.92 Å². The van der Waals surface area contributed by atoms with Gasteiger partial charge in [0.2, 0.25) is 0 Å².